The topological polar surface area (TPSA) is 92.9 Å². The quantitative estimate of drug-likeness (QED) is 0.332. The summed E-state index contributed by atoms with van der Waals surface area (Å²) in [5, 5.41) is 21.0. The van der Waals surface area contributed by atoms with E-state index in [1.54, 1.807) is 0 Å². The zero-order chi connectivity index (χ0) is 20.3. The van der Waals surface area contributed by atoms with Gasteiger partial charge in [-0.3, -0.25) is 19.8 Å². The lowest BCUT2D eigenvalue weighted by Crippen LogP contribution is -2.30. The lowest BCUT2D eigenvalue weighted by atomic mass is 10.1. The number of carbonyl (C=O) groups excluding carboxylic acids is 1. The number of hydrogen-bond acceptors (Lipinski definition) is 7. The summed E-state index contributed by atoms with van der Waals surface area (Å²) in [7, 11) is 1.30. The Morgan fingerprint density at radius 1 is 1.32 bits per heavy atom. The maximum atomic E-state index is 12.7. The van der Waals surface area contributed by atoms with Crippen molar-refractivity contribution in [3.8, 4) is 11.5 Å². The SMILES string of the molecule is COc1cc(/C=C2\SC(=S)N(CCc3ccccc3)C2=O)cc([N+](=O)[O-])c1O. The van der Waals surface area contributed by atoms with Crippen LogP contribution in [0.5, 0.6) is 11.5 Å². The number of phenolic OH excluding ortho intramolecular Hbond substituents is 1. The van der Waals surface area contributed by atoms with Crippen molar-refractivity contribution in [2.45, 2.75) is 6.42 Å². The third-order valence-corrected chi connectivity index (χ3v) is 5.51. The largest absolute Gasteiger partial charge is 0.500 e. The molecule has 3 rings (SSSR count). The molecule has 2 aromatic rings. The molecular formula is C19H16N2O5S2. The predicted molar refractivity (Wildman–Crippen MR) is 111 cm³/mol. The number of methoxy groups -OCH3 is 1. The number of ether oxygens (including phenoxy) is 1. The molecule has 1 aliphatic rings. The van der Waals surface area contributed by atoms with Crippen LogP contribution in [-0.2, 0) is 11.2 Å². The van der Waals surface area contributed by atoms with E-state index in [9.17, 15) is 20.0 Å². The van der Waals surface area contributed by atoms with Gasteiger partial charge in [-0.2, -0.15) is 0 Å². The molecule has 1 heterocycles. The van der Waals surface area contributed by atoms with Gasteiger partial charge in [0.15, 0.2) is 5.75 Å². The van der Waals surface area contributed by atoms with Gasteiger partial charge in [-0.1, -0.05) is 54.3 Å². The van der Waals surface area contributed by atoms with Crippen molar-refractivity contribution >= 4 is 46.0 Å². The second-order valence-corrected chi connectivity index (χ2v) is 7.59. The molecule has 0 spiro atoms. The molecule has 144 valence electrons. The molecule has 1 fully saturated rings. The second-order valence-electron chi connectivity index (χ2n) is 5.92. The highest BCUT2D eigenvalue weighted by molar-refractivity contribution is 8.26. The molecule has 1 N–H and O–H groups in total. The summed E-state index contributed by atoms with van der Waals surface area (Å²) in [6.07, 6.45) is 2.18. The predicted octanol–water partition coefficient (Wildman–Crippen LogP) is 3.75. The van der Waals surface area contributed by atoms with Crippen LogP contribution in [0.1, 0.15) is 11.1 Å². The second kappa shape index (κ2) is 8.41. The van der Waals surface area contributed by atoms with Crippen molar-refractivity contribution in [1.82, 2.24) is 4.90 Å². The molecule has 28 heavy (non-hydrogen) atoms. The van der Waals surface area contributed by atoms with Gasteiger partial charge in [-0.25, -0.2) is 0 Å². The molecule has 0 bridgehead atoms. The number of hydrogen-bond donors (Lipinski definition) is 1. The van der Waals surface area contributed by atoms with Gasteiger partial charge in [0, 0.05) is 12.6 Å². The van der Waals surface area contributed by atoms with Crippen LogP contribution in [0.25, 0.3) is 6.08 Å². The highest BCUT2D eigenvalue weighted by Gasteiger charge is 2.32. The zero-order valence-electron chi connectivity index (χ0n) is 14.8. The van der Waals surface area contributed by atoms with E-state index >= 15 is 0 Å². The summed E-state index contributed by atoms with van der Waals surface area (Å²) in [6, 6.07) is 12.4. The van der Waals surface area contributed by atoms with E-state index in [2.05, 4.69) is 0 Å². The first kappa shape index (κ1) is 19.8. The highest BCUT2D eigenvalue weighted by atomic mass is 32.2. The number of phenols is 1. The lowest BCUT2D eigenvalue weighted by Gasteiger charge is -2.14. The zero-order valence-corrected chi connectivity index (χ0v) is 16.5. The minimum atomic E-state index is -0.708. The van der Waals surface area contributed by atoms with Crippen LogP contribution in [0.2, 0.25) is 0 Å². The fraction of sp³-hybridized carbons (Fsp3) is 0.158. The summed E-state index contributed by atoms with van der Waals surface area (Å²) in [6.45, 7) is 0.449. The first-order chi connectivity index (χ1) is 13.4. The van der Waals surface area contributed by atoms with E-state index < -0.39 is 16.4 Å². The third kappa shape index (κ3) is 4.15. The number of amides is 1. The average molecular weight is 416 g/mol. The number of aromatic hydroxyl groups is 1. The van der Waals surface area contributed by atoms with Crippen molar-refractivity contribution in [2.75, 3.05) is 13.7 Å². The average Bonchev–Trinajstić information content (AvgIpc) is 2.94. The monoisotopic (exact) mass is 416 g/mol. The number of thioether (sulfide) groups is 1. The molecule has 0 unspecified atom stereocenters. The Balaban J connectivity index is 1.83. The van der Waals surface area contributed by atoms with Crippen LogP contribution in [0, 0.1) is 10.1 Å². The first-order valence-corrected chi connectivity index (χ1v) is 9.48. The maximum absolute atomic E-state index is 12.7. The van der Waals surface area contributed by atoms with Crippen LogP contribution in [0.3, 0.4) is 0 Å². The van der Waals surface area contributed by atoms with E-state index in [0.29, 0.717) is 27.8 Å². The number of thiocarbonyl (C=S) groups is 1. The van der Waals surface area contributed by atoms with E-state index in [-0.39, 0.29) is 11.7 Å². The van der Waals surface area contributed by atoms with Gasteiger partial charge in [-0.05, 0) is 29.7 Å². The van der Waals surface area contributed by atoms with Gasteiger partial charge in [0.25, 0.3) is 5.91 Å². The third-order valence-electron chi connectivity index (χ3n) is 4.13. The summed E-state index contributed by atoms with van der Waals surface area (Å²) >= 11 is 6.46. The van der Waals surface area contributed by atoms with Crippen molar-refractivity contribution < 1.29 is 19.6 Å². The van der Waals surface area contributed by atoms with E-state index in [4.69, 9.17) is 17.0 Å². The van der Waals surface area contributed by atoms with E-state index in [1.165, 1.54) is 30.2 Å². The summed E-state index contributed by atoms with van der Waals surface area (Å²) in [5.74, 6) is -0.847. The molecule has 1 aliphatic heterocycles. The van der Waals surface area contributed by atoms with Crippen molar-refractivity contribution in [2.24, 2.45) is 0 Å². The van der Waals surface area contributed by atoms with Gasteiger partial charge in [0.1, 0.15) is 4.32 Å². The molecule has 0 saturated carbocycles. The Morgan fingerprint density at radius 2 is 2.04 bits per heavy atom. The smallest absolute Gasteiger partial charge is 0.315 e. The van der Waals surface area contributed by atoms with E-state index in [0.717, 1.165) is 17.3 Å². The standard InChI is InChI=1S/C19H16N2O5S2/c1-26-15-10-13(9-14(17(15)22)21(24)25)11-16-18(23)20(19(27)28-16)8-7-12-5-3-2-4-6-12/h2-6,9-11,22H,7-8H2,1H3/b16-11-. The van der Waals surface area contributed by atoms with E-state index in [1.807, 2.05) is 30.3 Å². The number of nitrogens with zero attached hydrogens (tertiary/aromatic N) is 2. The number of nitro benzene ring substituents is 1. The van der Waals surface area contributed by atoms with Crippen LogP contribution >= 0.6 is 24.0 Å². The minimum absolute atomic E-state index is 0.0417. The number of rotatable bonds is 6. The van der Waals surface area contributed by atoms with Crippen LogP contribution in [-0.4, -0.2) is 38.8 Å². The summed E-state index contributed by atoms with van der Waals surface area (Å²) < 4.78 is 5.42. The number of nitro groups is 1. The fourth-order valence-corrected chi connectivity index (χ4v) is 4.03. The fourth-order valence-electron chi connectivity index (χ4n) is 2.72. The van der Waals surface area contributed by atoms with Gasteiger partial charge < -0.3 is 9.84 Å². The van der Waals surface area contributed by atoms with Crippen LogP contribution in [0.4, 0.5) is 5.69 Å². The highest BCUT2D eigenvalue weighted by Crippen LogP contribution is 2.39. The molecule has 2 aromatic carbocycles. The summed E-state index contributed by atoms with van der Waals surface area (Å²) in [5.41, 5.74) is 0.967. The van der Waals surface area contributed by atoms with Gasteiger partial charge in [0.2, 0.25) is 5.75 Å². The normalized spacial score (nSPS) is 15.3. The van der Waals surface area contributed by atoms with Crippen LogP contribution in [0.15, 0.2) is 47.4 Å². The van der Waals surface area contributed by atoms with Gasteiger partial charge in [0.05, 0.1) is 16.9 Å². The molecule has 1 amide bonds. The molecule has 7 nitrogen and oxygen atoms in total. The van der Waals surface area contributed by atoms with Crippen molar-refractivity contribution in [3.63, 3.8) is 0 Å². The number of carbonyl (C=O) groups is 1. The molecule has 9 heteroatoms. The Hall–Kier alpha value is -2.91. The molecule has 0 radical (unpaired) electrons. The molecule has 0 aromatic heterocycles. The number of benzene rings is 2. The van der Waals surface area contributed by atoms with Crippen molar-refractivity contribution in [3.05, 3.63) is 68.6 Å². The Kier molecular flexibility index (Phi) is 5.96. The molecule has 0 aliphatic carbocycles. The summed E-state index contributed by atoms with van der Waals surface area (Å²) in [4.78, 5) is 25.0. The first-order valence-electron chi connectivity index (χ1n) is 8.25. The molecule has 0 atom stereocenters. The Morgan fingerprint density at radius 3 is 2.68 bits per heavy atom. The van der Waals surface area contributed by atoms with Gasteiger partial charge >= 0.3 is 5.69 Å². The van der Waals surface area contributed by atoms with Gasteiger partial charge in [-0.15, -0.1) is 0 Å². The molecular weight excluding hydrogens is 400 g/mol. The Labute approximate surface area is 170 Å². The Bertz CT molecular complexity index is 976. The minimum Gasteiger partial charge on any atom is -0.500 e. The van der Waals surface area contributed by atoms with Crippen LogP contribution < -0.4 is 4.74 Å². The van der Waals surface area contributed by atoms with Crippen molar-refractivity contribution in [1.29, 1.82) is 0 Å². The lowest BCUT2D eigenvalue weighted by molar-refractivity contribution is -0.386. The molecule has 1 saturated heterocycles. The maximum Gasteiger partial charge on any atom is 0.315 e.